The monoisotopic (exact) mass is 424 g/mol. The smallest absolute Gasteiger partial charge is 0.177 e. The molecule has 1 aliphatic rings. The first-order valence-corrected chi connectivity index (χ1v) is 11.4. The van der Waals surface area contributed by atoms with E-state index >= 15 is 0 Å². The largest absolute Gasteiger partial charge is 0.497 e. The molecular weight excluding hydrogens is 400 g/mol. The van der Waals surface area contributed by atoms with E-state index < -0.39 is 9.84 Å². The first kappa shape index (κ1) is 20.9. The second-order valence-electron chi connectivity index (χ2n) is 7.10. The Hall–Kier alpha value is -1.83. The van der Waals surface area contributed by atoms with Gasteiger partial charge in [0.05, 0.1) is 29.8 Å². The fourth-order valence-corrected chi connectivity index (χ4v) is 4.84. The normalized spacial score (nSPS) is 18.1. The van der Waals surface area contributed by atoms with Crippen molar-refractivity contribution in [3.63, 3.8) is 0 Å². The maximum Gasteiger partial charge on any atom is 0.177 e. The number of likely N-dealkylation sites (tertiary alicyclic amines) is 1. The lowest BCUT2D eigenvalue weighted by Gasteiger charge is -2.33. The van der Waals surface area contributed by atoms with Crippen molar-refractivity contribution in [3.05, 3.63) is 46.7 Å². The summed E-state index contributed by atoms with van der Waals surface area (Å²) < 4.78 is 35.2. The molecule has 0 N–H and O–H groups in total. The molecule has 3 rings (SSSR count). The van der Waals surface area contributed by atoms with E-state index in [0.29, 0.717) is 10.7 Å². The number of sulfone groups is 1. The fraction of sp³-hybridized carbons (Fsp3) is 0.450. The van der Waals surface area contributed by atoms with E-state index in [4.69, 9.17) is 21.1 Å². The molecule has 0 saturated carbocycles. The number of ether oxygens (including phenoxy) is 2. The zero-order valence-corrected chi connectivity index (χ0v) is 17.9. The summed E-state index contributed by atoms with van der Waals surface area (Å²) in [5.74, 6) is 1.55. The lowest BCUT2D eigenvalue weighted by molar-refractivity contribution is 0.197. The molecular formula is C20H25ClN2O4S. The van der Waals surface area contributed by atoms with E-state index in [1.165, 1.54) is 18.5 Å². The van der Waals surface area contributed by atoms with Crippen LogP contribution in [0.1, 0.15) is 30.0 Å². The van der Waals surface area contributed by atoms with Crippen LogP contribution in [0.5, 0.6) is 11.5 Å². The van der Waals surface area contributed by atoms with Crippen molar-refractivity contribution >= 4 is 21.4 Å². The molecule has 1 unspecified atom stereocenters. The van der Waals surface area contributed by atoms with Gasteiger partial charge in [-0.15, -0.1) is 0 Å². The number of hydrogen-bond donors (Lipinski definition) is 0. The molecule has 8 heteroatoms. The van der Waals surface area contributed by atoms with Crippen molar-refractivity contribution in [2.75, 3.05) is 33.6 Å². The average molecular weight is 425 g/mol. The molecule has 0 spiro atoms. The number of pyridine rings is 1. The number of benzene rings is 1. The second-order valence-corrected chi connectivity index (χ2v) is 9.52. The van der Waals surface area contributed by atoms with Gasteiger partial charge in [-0.1, -0.05) is 11.6 Å². The quantitative estimate of drug-likeness (QED) is 0.706. The van der Waals surface area contributed by atoms with Crippen LogP contribution in [-0.2, 0) is 16.4 Å². The minimum absolute atomic E-state index is 0.0447. The summed E-state index contributed by atoms with van der Waals surface area (Å²) in [7, 11) is -0.132. The third-order valence-electron chi connectivity index (χ3n) is 4.96. The zero-order valence-electron chi connectivity index (χ0n) is 16.3. The number of hydrogen-bond acceptors (Lipinski definition) is 6. The minimum atomic E-state index is -3.40. The molecule has 1 atom stereocenters. The lowest BCUT2D eigenvalue weighted by atomic mass is 9.94. The summed E-state index contributed by atoms with van der Waals surface area (Å²) >= 11 is 5.99. The first-order valence-electron chi connectivity index (χ1n) is 9.10. The summed E-state index contributed by atoms with van der Waals surface area (Å²) in [6.07, 6.45) is 4.60. The predicted octanol–water partition coefficient (Wildman–Crippen LogP) is 3.54. The van der Waals surface area contributed by atoms with Crippen LogP contribution >= 0.6 is 11.6 Å². The van der Waals surface area contributed by atoms with Gasteiger partial charge in [-0.25, -0.2) is 8.42 Å². The van der Waals surface area contributed by atoms with Crippen LogP contribution < -0.4 is 9.47 Å². The minimum Gasteiger partial charge on any atom is -0.497 e. The van der Waals surface area contributed by atoms with E-state index in [1.807, 2.05) is 18.2 Å². The molecule has 152 valence electrons. The molecule has 1 fully saturated rings. The standard InChI is InChI=1S/C20H25ClN2O4S/c1-26-17-7-14(8-18(10-17)27-2)12-23-6-4-5-15(13-23)20-19(28(3,24)25)9-16(21)11-22-20/h7-11,15H,4-6,12-13H2,1-3H3. The molecule has 0 amide bonds. The van der Waals surface area contributed by atoms with Gasteiger partial charge in [-0.2, -0.15) is 0 Å². The topological polar surface area (TPSA) is 68.7 Å². The number of piperidine rings is 1. The molecule has 1 aliphatic heterocycles. The molecule has 0 bridgehead atoms. The van der Waals surface area contributed by atoms with E-state index in [-0.39, 0.29) is 10.8 Å². The highest BCUT2D eigenvalue weighted by atomic mass is 35.5. The Bertz CT molecular complexity index is 927. The number of aromatic nitrogens is 1. The van der Waals surface area contributed by atoms with Crippen molar-refractivity contribution in [2.45, 2.75) is 30.2 Å². The van der Waals surface area contributed by atoms with Gasteiger partial charge in [0, 0.05) is 37.5 Å². The number of rotatable bonds is 6. The molecule has 0 radical (unpaired) electrons. The van der Waals surface area contributed by atoms with Gasteiger partial charge in [0.2, 0.25) is 0 Å². The molecule has 1 saturated heterocycles. The summed E-state index contributed by atoms with van der Waals surface area (Å²) in [4.78, 5) is 6.93. The first-order chi connectivity index (χ1) is 13.3. The van der Waals surface area contributed by atoms with Crippen LogP contribution in [0.4, 0.5) is 0 Å². The van der Waals surface area contributed by atoms with Gasteiger partial charge in [0.15, 0.2) is 9.84 Å². The van der Waals surface area contributed by atoms with Crippen LogP contribution in [0.25, 0.3) is 0 Å². The Morgan fingerprint density at radius 2 is 1.86 bits per heavy atom. The highest BCUT2D eigenvalue weighted by molar-refractivity contribution is 7.90. The Morgan fingerprint density at radius 1 is 1.18 bits per heavy atom. The van der Waals surface area contributed by atoms with Gasteiger partial charge in [0.25, 0.3) is 0 Å². The van der Waals surface area contributed by atoms with Crippen molar-refractivity contribution in [2.24, 2.45) is 0 Å². The number of halogens is 1. The van der Waals surface area contributed by atoms with Crippen molar-refractivity contribution in [1.82, 2.24) is 9.88 Å². The summed E-state index contributed by atoms with van der Waals surface area (Å²) in [6, 6.07) is 7.34. The predicted molar refractivity (Wildman–Crippen MR) is 109 cm³/mol. The zero-order chi connectivity index (χ0) is 20.3. The van der Waals surface area contributed by atoms with Crippen molar-refractivity contribution < 1.29 is 17.9 Å². The molecule has 1 aromatic carbocycles. The molecule has 28 heavy (non-hydrogen) atoms. The van der Waals surface area contributed by atoms with Gasteiger partial charge < -0.3 is 9.47 Å². The number of nitrogens with zero attached hydrogens (tertiary/aromatic N) is 2. The van der Waals surface area contributed by atoms with Gasteiger partial charge >= 0.3 is 0 Å². The van der Waals surface area contributed by atoms with Crippen LogP contribution in [0.3, 0.4) is 0 Å². The summed E-state index contributed by atoms with van der Waals surface area (Å²) in [6.45, 7) is 2.40. The average Bonchev–Trinajstić information content (AvgIpc) is 2.67. The SMILES string of the molecule is COc1cc(CN2CCCC(c3ncc(Cl)cc3S(C)(=O)=O)C2)cc(OC)c1. The highest BCUT2D eigenvalue weighted by Crippen LogP contribution is 2.32. The van der Waals surface area contributed by atoms with Gasteiger partial charge in [-0.05, 0) is 43.1 Å². The second kappa shape index (κ2) is 8.68. The molecule has 6 nitrogen and oxygen atoms in total. The lowest BCUT2D eigenvalue weighted by Crippen LogP contribution is -2.34. The van der Waals surface area contributed by atoms with Crippen LogP contribution in [0.2, 0.25) is 5.02 Å². The van der Waals surface area contributed by atoms with Crippen LogP contribution in [-0.4, -0.2) is 51.9 Å². The van der Waals surface area contributed by atoms with E-state index in [2.05, 4.69) is 9.88 Å². The van der Waals surface area contributed by atoms with Crippen molar-refractivity contribution in [3.8, 4) is 11.5 Å². The van der Waals surface area contributed by atoms with Crippen LogP contribution in [0.15, 0.2) is 35.4 Å². The van der Waals surface area contributed by atoms with Crippen LogP contribution in [0, 0.1) is 0 Å². The van der Waals surface area contributed by atoms with Gasteiger partial charge in [-0.3, -0.25) is 9.88 Å². The van der Waals surface area contributed by atoms with E-state index in [9.17, 15) is 8.42 Å². The van der Waals surface area contributed by atoms with E-state index in [0.717, 1.165) is 49.5 Å². The maximum absolute atomic E-state index is 12.2. The maximum atomic E-state index is 12.2. The summed E-state index contributed by atoms with van der Waals surface area (Å²) in [5.41, 5.74) is 1.70. The third kappa shape index (κ3) is 4.96. The Labute approximate surface area is 171 Å². The molecule has 0 aliphatic carbocycles. The Morgan fingerprint density at radius 3 is 2.46 bits per heavy atom. The molecule has 2 heterocycles. The van der Waals surface area contributed by atoms with Gasteiger partial charge in [0.1, 0.15) is 11.5 Å². The van der Waals surface area contributed by atoms with Crippen molar-refractivity contribution in [1.29, 1.82) is 0 Å². The fourth-order valence-electron chi connectivity index (χ4n) is 3.67. The summed E-state index contributed by atoms with van der Waals surface area (Å²) in [5, 5.41) is 0.334. The molecule has 2 aromatic rings. The highest BCUT2D eigenvalue weighted by Gasteiger charge is 2.27. The Kier molecular flexibility index (Phi) is 6.47. The Balaban J connectivity index is 1.82. The number of methoxy groups -OCH3 is 2. The third-order valence-corrected chi connectivity index (χ3v) is 6.29. The molecule has 1 aromatic heterocycles. The van der Waals surface area contributed by atoms with E-state index in [1.54, 1.807) is 14.2 Å².